The van der Waals surface area contributed by atoms with Gasteiger partial charge in [-0.3, -0.25) is 0 Å². The van der Waals surface area contributed by atoms with Gasteiger partial charge in [-0.1, -0.05) is 26.0 Å². The molecule has 0 saturated carbocycles. The molecule has 0 radical (unpaired) electrons. The van der Waals surface area contributed by atoms with Crippen molar-refractivity contribution in [3.05, 3.63) is 29.8 Å². The molecule has 1 aliphatic rings. The Morgan fingerprint density at radius 3 is 2.44 bits per heavy atom. The lowest BCUT2D eigenvalue weighted by Crippen LogP contribution is -2.42. The van der Waals surface area contributed by atoms with E-state index in [1.807, 2.05) is 23.9 Å². The van der Waals surface area contributed by atoms with E-state index in [9.17, 15) is 0 Å². The Morgan fingerprint density at radius 2 is 1.84 bits per heavy atom. The molecule has 0 aromatic heterocycles. The highest BCUT2D eigenvalue weighted by Crippen LogP contribution is 2.13. The smallest absolute Gasteiger partial charge is 0.191 e. The number of hydrogen-bond donors (Lipinski definition) is 1. The summed E-state index contributed by atoms with van der Waals surface area (Å²) in [5, 5.41) is 0. The van der Waals surface area contributed by atoms with Crippen molar-refractivity contribution in [3.8, 4) is 5.75 Å². The third-order valence-corrected chi connectivity index (χ3v) is 5.20. The monoisotopic (exact) mass is 478 g/mol. The molecule has 25 heavy (non-hydrogen) atoms. The van der Waals surface area contributed by atoms with E-state index in [4.69, 9.17) is 10.5 Å². The third kappa shape index (κ3) is 8.04. The zero-order valence-corrected chi connectivity index (χ0v) is 18.5. The molecule has 0 spiro atoms. The Kier molecular flexibility index (Phi) is 11.3. The van der Waals surface area contributed by atoms with Crippen LogP contribution in [0.1, 0.15) is 19.4 Å². The highest BCUT2D eigenvalue weighted by atomic mass is 127. The molecule has 1 aliphatic heterocycles. The summed E-state index contributed by atoms with van der Waals surface area (Å²) < 4.78 is 5.80. The van der Waals surface area contributed by atoms with Gasteiger partial charge in [0.25, 0.3) is 0 Å². The van der Waals surface area contributed by atoms with Crippen LogP contribution in [0.15, 0.2) is 29.3 Å². The summed E-state index contributed by atoms with van der Waals surface area (Å²) in [5.74, 6) is 3.84. The van der Waals surface area contributed by atoms with Crippen LogP contribution < -0.4 is 10.5 Å². The number of nitrogens with two attached hydrogens (primary N) is 1. The number of hydrogen-bond acceptors (Lipinski definition) is 4. The van der Waals surface area contributed by atoms with Crippen molar-refractivity contribution >= 4 is 41.7 Å². The maximum atomic E-state index is 6.08. The molecule has 2 N–H and O–H groups in total. The predicted molar refractivity (Wildman–Crippen MR) is 119 cm³/mol. The van der Waals surface area contributed by atoms with Gasteiger partial charge in [0.1, 0.15) is 12.4 Å². The molecule has 0 unspecified atom stereocenters. The van der Waals surface area contributed by atoms with Crippen LogP contribution in [0.25, 0.3) is 0 Å². The highest BCUT2D eigenvalue weighted by Gasteiger charge is 2.11. The minimum atomic E-state index is 0. The van der Waals surface area contributed by atoms with Crippen LogP contribution >= 0.6 is 35.7 Å². The van der Waals surface area contributed by atoms with Gasteiger partial charge >= 0.3 is 0 Å². The normalized spacial score (nSPS) is 15.2. The molecule has 1 heterocycles. The lowest BCUT2D eigenvalue weighted by atomic mass is 10.2. The molecule has 0 bridgehead atoms. The van der Waals surface area contributed by atoms with Gasteiger partial charge < -0.3 is 20.3 Å². The fourth-order valence-electron chi connectivity index (χ4n) is 2.59. The molecule has 0 atom stereocenters. The lowest BCUT2D eigenvalue weighted by molar-refractivity contribution is 0.223. The summed E-state index contributed by atoms with van der Waals surface area (Å²) >= 11 is 1.97. The Morgan fingerprint density at radius 1 is 1.20 bits per heavy atom. The Labute approximate surface area is 173 Å². The minimum Gasteiger partial charge on any atom is -0.492 e. The number of likely N-dealkylation sites (N-methyl/N-ethyl adjacent to an activating group) is 1. The molecular formula is C18H31IN4OS. The zero-order chi connectivity index (χ0) is 17.2. The first-order chi connectivity index (χ1) is 11.7. The maximum absolute atomic E-state index is 6.08. The van der Waals surface area contributed by atoms with Crippen molar-refractivity contribution < 1.29 is 4.74 Å². The van der Waals surface area contributed by atoms with Crippen molar-refractivity contribution in [3.63, 3.8) is 0 Å². The highest BCUT2D eigenvalue weighted by molar-refractivity contribution is 14.0. The van der Waals surface area contributed by atoms with E-state index in [1.54, 1.807) is 0 Å². The van der Waals surface area contributed by atoms with Crippen molar-refractivity contribution in [1.29, 1.82) is 0 Å². The van der Waals surface area contributed by atoms with Crippen molar-refractivity contribution in [1.82, 2.24) is 9.80 Å². The van der Waals surface area contributed by atoms with Crippen LogP contribution in [0.5, 0.6) is 5.75 Å². The van der Waals surface area contributed by atoms with Crippen molar-refractivity contribution in [2.75, 3.05) is 50.8 Å². The minimum absolute atomic E-state index is 0. The molecule has 5 nitrogen and oxygen atoms in total. The average molecular weight is 478 g/mol. The number of thioether (sulfide) groups is 1. The number of halogens is 1. The molecule has 142 valence electrons. The quantitative estimate of drug-likeness (QED) is 0.354. The Hall–Kier alpha value is -0.670. The summed E-state index contributed by atoms with van der Waals surface area (Å²) in [7, 11) is 0. The van der Waals surface area contributed by atoms with Crippen LogP contribution in [-0.4, -0.2) is 66.6 Å². The molecule has 1 saturated heterocycles. The van der Waals surface area contributed by atoms with Crippen LogP contribution in [0, 0.1) is 0 Å². The maximum Gasteiger partial charge on any atom is 0.191 e. The number of ether oxygens (including phenoxy) is 1. The largest absolute Gasteiger partial charge is 0.492 e. The molecule has 1 aromatic rings. The third-order valence-electron chi connectivity index (χ3n) is 4.25. The molecular weight excluding hydrogens is 447 g/mol. The van der Waals surface area contributed by atoms with Gasteiger partial charge in [-0.2, -0.15) is 11.8 Å². The van der Waals surface area contributed by atoms with Gasteiger partial charge in [-0.05, 0) is 30.8 Å². The first-order valence-electron chi connectivity index (χ1n) is 8.79. The summed E-state index contributed by atoms with van der Waals surface area (Å²) in [5.41, 5.74) is 7.24. The molecule has 0 aliphatic carbocycles. The fourth-order valence-corrected chi connectivity index (χ4v) is 3.49. The van der Waals surface area contributed by atoms with E-state index < -0.39 is 0 Å². The van der Waals surface area contributed by atoms with Crippen LogP contribution in [0.2, 0.25) is 0 Å². The summed E-state index contributed by atoms with van der Waals surface area (Å²) in [6, 6.07) is 8.16. The molecule has 7 heteroatoms. The van der Waals surface area contributed by atoms with E-state index in [0.29, 0.717) is 12.5 Å². The van der Waals surface area contributed by atoms with E-state index in [0.717, 1.165) is 62.1 Å². The van der Waals surface area contributed by atoms with E-state index >= 15 is 0 Å². The number of rotatable bonds is 8. The predicted octanol–water partition coefficient (Wildman–Crippen LogP) is 2.89. The topological polar surface area (TPSA) is 54.1 Å². The number of benzene rings is 1. The first kappa shape index (κ1) is 22.4. The number of guanidine groups is 1. The van der Waals surface area contributed by atoms with E-state index in [-0.39, 0.29) is 24.0 Å². The van der Waals surface area contributed by atoms with E-state index in [1.165, 1.54) is 0 Å². The standard InChI is InChI=1S/C18H30N4OS.HI/c1-3-21(4-2)9-12-23-17-7-5-16(6-8-17)15-20-18(19)22-10-13-24-14-11-22;/h5-8H,3-4,9-15H2,1-2H3,(H2,19,20);1H. The van der Waals surface area contributed by atoms with Crippen LogP contribution in [-0.2, 0) is 6.54 Å². The summed E-state index contributed by atoms with van der Waals surface area (Å²) in [6.45, 7) is 10.8. The zero-order valence-electron chi connectivity index (χ0n) is 15.3. The molecule has 1 aromatic carbocycles. The first-order valence-corrected chi connectivity index (χ1v) is 9.95. The Bertz CT molecular complexity index is 502. The molecule has 0 amide bonds. The molecule has 1 fully saturated rings. The second-order valence-electron chi connectivity index (χ2n) is 5.79. The van der Waals surface area contributed by atoms with Crippen molar-refractivity contribution in [2.45, 2.75) is 20.4 Å². The number of aliphatic imine (C=N–C) groups is 1. The second-order valence-corrected chi connectivity index (χ2v) is 7.02. The lowest BCUT2D eigenvalue weighted by Gasteiger charge is -2.27. The number of nitrogens with zero attached hydrogens (tertiary/aromatic N) is 3. The summed E-state index contributed by atoms with van der Waals surface area (Å²) in [6.07, 6.45) is 0. The van der Waals surface area contributed by atoms with Gasteiger partial charge in [0.05, 0.1) is 6.54 Å². The van der Waals surface area contributed by atoms with Gasteiger partial charge in [0.2, 0.25) is 0 Å². The van der Waals surface area contributed by atoms with Gasteiger partial charge in [0, 0.05) is 31.1 Å². The van der Waals surface area contributed by atoms with E-state index in [2.05, 4.69) is 40.8 Å². The van der Waals surface area contributed by atoms with Crippen molar-refractivity contribution in [2.24, 2.45) is 10.7 Å². The fraction of sp³-hybridized carbons (Fsp3) is 0.611. The molecule has 2 rings (SSSR count). The van der Waals surface area contributed by atoms with Gasteiger partial charge in [-0.25, -0.2) is 4.99 Å². The van der Waals surface area contributed by atoms with Gasteiger partial charge in [0.15, 0.2) is 5.96 Å². The average Bonchev–Trinajstić information content (AvgIpc) is 2.65. The van der Waals surface area contributed by atoms with Crippen LogP contribution in [0.4, 0.5) is 0 Å². The van der Waals surface area contributed by atoms with Crippen LogP contribution in [0.3, 0.4) is 0 Å². The Balaban J connectivity index is 0.00000312. The van der Waals surface area contributed by atoms with Gasteiger partial charge in [-0.15, -0.1) is 24.0 Å². The second kappa shape index (κ2) is 12.6. The SMILES string of the molecule is CCN(CC)CCOc1ccc(CN=C(N)N2CCSCC2)cc1.I. The summed E-state index contributed by atoms with van der Waals surface area (Å²) in [4.78, 5) is 9.04.